The molecule has 0 fully saturated rings. The largest absolute Gasteiger partial charge is 0.464 e. The van der Waals surface area contributed by atoms with E-state index < -0.39 is 5.97 Å². The number of halogens is 1. The van der Waals surface area contributed by atoms with Gasteiger partial charge in [0.1, 0.15) is 0 Å². The van der Waals surface area contributed by atoms with Crippen LogP contribution >= 0.6 is 15.9 Å². The molecule has 0 aliphatic heterocycles. The van der Waals surface area contributed by atoms with Gasteiger partial charge in [0.25, 0.3) is 0 Å². The van der Waals surface area contributed by atoms with Crippen LogP contribution in [0.2, 0.25) is 0 Å². The van der Waals surface area contributed by atoms with Crippen LogP contribution in [0.5, 0.6) is 0 Å². The molecule has 6 nitrogen and oxygen atoms in total. The second-order valence-electron chi connectivity index (χ2n) is 4.37. The van der Waals surface area contributed by atoms with Gasteiger partial charge in [0, 0.05) is 18.0 Å². The summed E-state index contributed by atoms with van der Waals surface area (Å²) in [5.41, 5.74) is 2.00. The maximum Gasteiger partial charge on any atom is 0.360 e. The first kappa shape index (κ1) is 15.7. The lowest BCUT2D eigenvalue weighted by molar-refractivity contribution is 0.0592. The molecular weight excluding hydrogens is 338 g/mol. The molecule has 1 aromatic heterocycles. The van der Waals surface area contributed by atoms with Crippen molar-refractivity contribution in [3.05, 3.63) is 45.7 Å². The average molecular weight is 354 g/mol. The summed E-state index contributed by atoms with van der Waals surface area (Å²) in [5.74, 6) is -0.487. The molecule has 0 aliphatic rings. The number of carbonyl (C=O) groups is 1. The van der Waals surface area contributed by atoms with Crippen LogP contribution in [0, 0.1) is 0 Å². The molecule has 0 saturated heterocycles. The zero-order valence-corrected chi connectivity index (χ0v) is 13.5. The van der Waals surface area contributed by atoms with Gasteiger partial charge >= 0.3 is 5.97 Å². The number of hydrogen-bond acceptors (Lipinski definition) is 5. The van der Waals surface area contributed by atoms with Crippen molar-refractivity contribution in [3.63, 3.8) is 0 Å². The molecule has 0 saturated carbocycles. The first-order valence-electron chi connectivity index (χ1n) is 6.40. The number of esters is 1. The molecule has 0 spiro atoms. The van der Waals surface area contributed by atoms with E-state index in [1.807, 2.05) is 24.3 Å². The van der Waals surface area contributed by atoms with Crippen molar-refractivity contribution in [3.8, 4) is 0 Å². The van der Waals surface area contributed by atoms with Gasteiger partial charge in [0.05, 0.1) is 26.0 Å². The molecule has 0 amide bonds. The molecule has 7 heteroatoms. The van der Waals surface area contributed by atoms with Crippen LogP contribution in [0.4, 0.5) is 0 Å². The van der Waals surface area contributed by atoms with Gasteiger partial charge in [-0.05, 0) is 11.6 Å². The minimum atomic E-state index is -0.487. The summed E-state index contributed by atoms with van der Waals surface area (Å²) in [5, 5.41) is 8.00. The van der Waals surface area contributed by atoms with Gasteiger partial charge in [0.2, 0.25) is 0 Å². The second kappa shape index (κ2) is 7.33. The molecule has 1 aromatic carbocycles. The van der Waals surface area contributed by atoms with Crippen LogP contribution < -0.4 is 0 Å². The predicted molar refractivity (Wildman–Crippen MR) is 80.2 cm³/mol. The number of rotatable bonds is 6. The highest BCUT2D eigenvalue weighted by Gasteiger charge is 2.20. The van der Waals surface area contributed by atoms with Crippen molar-refractivity contribution in [1.82, 2.24) is 15.0 Å². The fourth-order valence-corrected chi connectivity index (χ4v) is 2.36. The molecule has 2 aromatic rings. The lowest BCUT2D eigenvalue weighted by Crippen LogP contribution is -2.12. The van der Waals surface area contributed by atoms with Crippen molar-refractivity contribution >= 4 is 21.9 Å². The van der Waals surface area contributed by atoms with Gasteiger partial charge < -0.3 is 9.47 Å². The van der Waals surface area contributed by atoms with Gasteiger partial charge in [-0.2, -0.15) is 0 Å². The third kappa shape index (κ3) is 3.68. The van der Waals surface area contributed by atoms with E-state index in [2.05, 4.69) is 26.2 Å². The van der Waals surface area contributed by atoms with Crippen molar-refractivity contribution in [2.45, 2.75) is 13.0 Å². The Morgan fingerprint density at radius 3 is 2.76 bits per heavy atom. The molecule has 1 heterocycles. The van der Waals surface area contributed by atoms with E-state index in [0.717, 1.165) is 10.0 Å². The molecule has 0 N–H and O–H groups in total. The zero-order chi connectivity index (χ0) is 15.2. The highest BCUT2D eigenvalue weighted by molar-refractivity contribution is 9.10. The van der Waals surface area contributed by atoms with E-state index in [1.165, 1.54) is 7.11 Å². The van der Waals surface area contributed by atoms with Gasteiger partial charge in [-0.25, -0.2) is 9.48 Å². The minimum Gasteiger partial charge on any atom is -0.464 e. The number of methoxy groups -OCH3 is 2. The molecule has 112 valence electrons. The zero-order valence-electron chi connectivity index (χ0n) is 11.9. The molecule has 0 unspecified atom stereocenters. The molecule has 0 aliphatic carbocycles. The summed E-state index contributed by atoms with van der Waals surface area (Å²) < 4.78 is 12.5. The van der Waals surface area contributed by atoms with Crippen molar-refractivity contribution in [2.24, 2.45) is 0 Å². The Morgan fingerprint density at radius 1 is 1.33 bits per heavy atom. The van der Waals surface area contributed by atoms with Crippen LogP contribution in [-0.4, -0.2) is 41.8 Å². The first-order chi connectivity index (χ1) is 10.2. The Morgan fingerprint density at radius 2 is 2.10 bits per heavy atom. The lowest BCUT2D eigenvalue weighted by atomic mass is 10.2. The molecule has 0 atom stereocenters. The van der Waals surface area contributed by atoms with Crippen LogP contribution in [0.15, 0.2) is 28.7 Å². The smallest absolute Gasteiger partial charge is 0.360 e. The lowest BCUT2D eigenvalue weighted by Gasteiger charge is -2.08. The maximum atomic E-state index is 11.7. The highest BCUT2D eigenvalue weighted by Crippen LogP contribution is 2.18. The first-order valence-corrected chi connectivity index (χ1v) is 7.19. The second-order valence-corrected chi connectivity index (χ2v) is 5.22. The van der Waals surface area contributed by atoms with E-state index in [9.17, 15) is 4.79 Å². The van der Waals surface area contributed by atoms with Gasteiger partial charge in [-0.15, -0.1) is 5.10 Å². The quantitative estimate of drug-likeness (QED) is 0.743. The topological polar surface area (TPSA) is 66.2 Å². The Labute approximate surface area is 131 Å². The molecule has 0 radical (unpaired) electrons. The third-order valence-corrected chi connectivity index (χ3v) is 3.81. The van der Waals surface area contributed by atoms with Gasteiger partial charge in [-0.3, -0.25) is 0 Å². The minimum absolute atomic E-state index is 0.238. The summed E-state index contributed by atoms with van der Waals surface area (Å²) in [6, 6.07) is 7.85. The van der Waals surface area contributed by atoms with Gasteiger partial charge in [-0.1, -0.05) is 39.3 Å². The normalized spacial score (nSPS) is 10.6. The molecule has 2 rings (SSSR count). The average Bonchev–Trinajstić information content (AvgIpc) is 2.89. The summed E-state index contributed by atoms with van der Waals surface area (Å²) in [6.07, 6.45) is 0.540. The van der Waals surface area contributed by atoms with Crippen molar-refractivity contribution in [2.75, 3.05) is 20.8 Å². The molecule has 21 heavy (non-hydrogen) atoms. The Kier molecular flexibility index (Phi) is 5.46. The third-order valence-electron chi connectivity index (χ3n) is 3.04. The number of carbonyl (C=O) groups excluding carboxylic acids is 1. The Bertz CT molecular complexity index is 628. The fraction of sp³-hybridized carbons (Fsp3) is 0.357. The number of benzene rings is 1. The van der Waals surface area contributed by atoms with Gasteiger partial charge in [0.15, 0.2) is 5.69 Å². The summed E-state index contributed by atoms with van der Waals surface area (Å²) in [7, 11) is 2.94. The summed E-state index contributed by atoms with van der Waals surface area (Å²) in [6.45, 7) is 0.998. The molecular formula is C14H16BrN3O3. The number of ether oxygens (including phenoxy) is 2. The van der Waals surface area contributed by atoms with E-state index in [0.29, 0.717) is 25.3 Å². The Hall–Kier alpha value is -1.73. The monoisotopic (exact) mass is 353 g/mol. The summed E-state index contributed by atoms with van der Waals surface area (Å²) in [4.78, 5) is 11.7. The van der Waals surface area contributed by atoms with E-state index >= 15 is 0 Å². The maximum absolute atomic E-state index is 11.7. The van der Waals surface area contributed by atoms with E-state index in [-0.39, 0.29) is 5.69 Å². The number of nitrogens with zero attached hydrogens (tertiary/aromatic N) is 3. The SMILES string of the molecule is COCCc1c(C(=O)OC)nnn1Cc1ccccc1Br. The number of aromatic nitrogens is 3. The van der Waals surface area contributed by atoms with Crippen LogP contribution in [0.1, 0.15) is 21.7 Å². The Balaban J connectivity index is 2.32. The fourth-order valence-electron chi connectivity index (χ4n) is 1.95. The van der Waals surface area contributed by atoms with Crippen molar-refractivity contribution in [1.29, 1.82) is 0 Å². The van der Waals surface area contributed by atoms with E-state index in [4.69, 9.17) is 9.47 Å². The standard InChI is InChI=1S/C14H16BrN3O3/c1-20-8-7-12-13(14(19)21-2)16-17-18(12)9-10-5-3-4-6-11(10)15/h3-6H,7-9H2,1-2H3. The summed E-state index contributed by atoms with van der Waals surface area (Å²) >= 11 is 3.50. The van der Waals surface area contributed by atoms with Crippen LogP contribution in [-0.2, 0) is 22.4 Å². The predicted octanol–water partition coefficient (Wildman–Crippen LogP) is 2.06. The molecule has 0 bridgehead atoms. The highest BCUT2D eigenvalue weighted by atomic mass is 79.9. The van der Waals surface area contributed by atoms with Crippen LogP contribution in [0.3, 0.4) is 0 Å². The van der Waals surface area contributed by atoms with Crippen LogP contribution in [0.25, 0.3) is 0 Å². The van der Waals surface area contributed by atoms with Crippen molar-refractivity contribution < 1.29 is 14.3 Å². The van der Waals surface area contributed by atoms with E-state index in [1.54, 1.807) is 11.8 Å². The number of hydrogen-bond donors (Lipinski definition) is 0.